The second kappa shape index (κ2) is 6.52. The van der Waals surface area contributed by atoms with Crippen molar-refractivity contribution < 1.29 is 17.9 Å². The Morgan fingerprint density at radius 3 is 2.20 bits per heavy atom. The van der Waals surface area contributed by atoms with Crippen LogP contribution in [-0.2, 0) is 19.5 Å². The van der Waals surface area contributed by atoms with E-state index in [1.807, 2.05) is 54.6 Å². The Kier molecular flexibility index (Phi) is 4.56. The van der Waals surface area contributed by atoms with Gasteiger partial charge in [-0.25, -0.2) is 8.42 Å². The van der Waals surface area contributed by atoms with Crippen LogP contribution in [0.15, 0.2) is 59.0 Å². The highest BCUT2D eigenvalue weighted by Gasteiger charge is 2.47. The first-order chi connectivity index (χ1) is 11.8. The fourth-order valence-electron chi connectivity index (χ4n) is 3.05. The first-order valence-corrected chi connectivity index (χ1v) is 9.65. The number of hydrogen-bond acceptors (Lipinski definition) is 4. The number of hydrogen-bond donors (Lipinski definition) is 0. The first-order valence-electron chi connectivity index (χ1n) is 8.14. The van der Waals surface area contributed by atoms with Crippen LogP contribution >= 0.6 is 0 Å². The molecule has 6 heteroatoms. The minimum atomic E-state index is -3.80. The molecule has 0 spiro atoms. The number of sulfonamides is 1. The van der Waals surface area contributed by atoms with Gasteiger partial charge in [-0.15, -0.1) is 0 Å². The highest BCUT2D eigenvalue weighted by molar-refractivity contribution is 7.90. The summed E-state index contributed by atoms with van der Waals surface area (Å²) in [5, 5.41) is -0.894. The van der Waals surface area contributed by atoms with Crippen molar-refractivity contribution in [2.24, 2.45) is 4.40 Å². The molecule has 1 aliphatic rings. The van der Waals surface area contributed by atoms with E-state index in [9.17, 15) is 8.42 Å². The molecule has 0 aromatic heterocycles. The molecule has 1 atom stereocenters. The van der Waals surface area contributed by atoms with Crippen LogP contribution in [0.2, 0.25) is 0 Å². The average molecular weight is 359 g/mol. The third-order valence-electron chi connectivity index (χ3n) is 4.07. The largest absolute Gasteiger partial charge is 0.450 e. The van der Waals surface area contributed by atoms with E-state index in [4.69, 9.17) is 9.47 Å². The van der Waals surface area contributed by atoms with Crippen LogP contribution in [0.1, 0.15) is 31.6 Å². The van der Waals surface area contributed by atoms with Gasteiger partial charge < -0.3 is 9.47 Å². The zero-order valence-electron chi connectivity index (χ0n) is 14.5. The summed E-state index contributed by atoms with van der Waals surface area (Å²) in [6.45, 7) is 5.50. The molecule has 0 fully saturated rings. The third kappa shape index (κ3) is 3.54. The Bertz CT molecular complexity index is 871. The molecule has 2 aromatic rings. The lowest BCUT2D eigenvalue weighted by Gasteiger charge is -2.36. The summed E-state index contributed by atoms with van der Waals surface area (Å²) >= 11 is 0. The van der Waals surface area contributed by atoms with Crippen LogP contribution in [0.4, 0.5) is 0 Å². The quantitative estimate of drug-likeness (QED) is 0.833. The monoisotopic (exact) mass is 359 g/mol. The van der Waals surface area contributed by atoms with Crippen LogP contribution in [0, 0.1) is 0 Å². The predicted octanol–water partition coefficient (Wildman–Crippen LogP) is 3.93. The fraction of sp³-hybridized carbons (Fsp3) is 0.316. The third-order valence-corrected chi connectivity index (χ3v) is 5.91. The summed E-state index contributed by atoms with van der Waals surface area (Å²) in [6, 6.07) is 17.4. The number of ether oxygens (including phenoxy) is 2. The molecule has 0 amide bonds. The van der Waals surface area contributed by atoms with Gasteiger partial charge in [-0.2, -0.15) is 0 Å². The van der Waals surface area contributed by atoms with Gasteiger partial charge in [0.1, 0.15) is 10.9 Å². The molecule has 0 aliphatic carbocycles. The summed E-state index contributed by atoms with van der Waals surface area (Å²) in [5.74, 6) is 0. The lowest BCUT2D eigenvalue weighted by molar-refractivity contribution is 0.0373. The predicted molar refractivity (Wildman–Crippen MR) is 97.8 cm³/mol. The number of benzene rings is 2. The molecule has 5 nitrogen and oxygen atoms in total. The van der Waals surface area contributed by atoms with E-state index in [2.05, 4.69) is 4.40 Å². The maximum absolute atomic E-state index is 12.7. The van der Waals surface area contributed by atoms with E-state index < -0.39 is 20.9 Å². The lowest BCUT2D eigenvalue weighted by atomic mass is 9.95. The summed E-state index contributed by atoms with van der Waals surface area (Å²) in [7, 11) is -3.80. The molecule has 132 valence electrons. The van der Waals surface area contributed by atoms with Gasteiger partial charge in [0.05, 0.1) is 6.61 Å². The smallest absolute Gasteiger partial charge is 0.400 e. The van der Waals surface area contributed by atoms with Gasteiger partial charge in [-0.05, 0) is 37.5 Å². The second-order valence-corrected chi connectivity index (χ2v) is 8.06. The topological polar surface area (TPSA) is 65.0 Å². The minimum Gasteiger partial charge on any atom is -0.450 e. The average Bonchev–Trinajstić information content (AvgIpc) is 2.54. The Morgan fingerprint density at radius 2 is 1.64 bits per heavy atom. The molecule has 1 aliphatic heterocycles. The Morgan fingerprint density at radius 1 is 1.04 bits per heavy atom. The lowest BCUT2D eigenvalue weighted by Crippen LogP contribution is -2.43. The van der Waals surface area contributed by atoms with Crippen LogP contribution in [-0.4, -0.2) is 26.7 Å². The van der Waals surface area contributed by atoms with Crippen molar-refractivity contribution in [3.05, 3.63) is 60.2 Å². The van der Waals surface area contributed by atoms with E-state index >= 15 is 0 Å². The molecular weight excluding hydrogens is 338 g/mol. The molecule has 1 heterocycles. The molecule has 0 radical (unpaired) electrons. The zero-order chi connectivity index (χ0) is 18.1. The van der Waals surface area contributed by atoms with Crippen molar-refractivity contribution in [1.29, 1.82) is 0 Å². The Balaban J connectivity index is 1.98. The molecule has 0 saturated heterocycles. The first kappa shape index (κ1) is 17.5. The highest BCUT2D eigenvalue weighted by atomic mass is 32.2. The Hall–Kier alpha value is -2.34. The van der Waals surface area contributed by atoms with Crippen LogP contribution in [0.25, 0.3) is 11.1 Å². The summed E-state index contributed by atoms with van der Waals surface area (Å²) in [5.41, 5.74) is 1.76. The van der Waals surface area contributed by atoms with Crippen molar-refractivity contribution >= 4 is 16.1 Å². The van der Waals surface area contributed by atoms with E-state index in [1.165, 1.54) is 0 Å². The molecule has 0 bridgehead atoms. The van der Waals surface area contributed by atoms with Gasteiger partial charge in [0.25, 0.3) is 10.0 Å². The molecule has 2 aromatic carbocycles. The van der Waals surface area contributed by atoms with Crippen molar-refractivity contribution in [2.75, 3.05) is 6.61 Å². The van der Waals surface area contributed by atoms with E-state index in [0.717, 1.165) is 11.1 Å². The molecule has 0 saturated carbocycles. The number of nitrogens with zero attached hydrogens (tertiary/aromatic N) is 1. The fourth-order valence-corrected chi connectivity index (χ4v) is 4.72. The summed E-state index contributed by atoms with van der Waals surface area (Å²) in [4.78, 5) is 0. The molecule has 0 N–H and O–H groups in total. The minimum absolute atomic E-state index is 0.190. The van der Waals surface area contributed by atoms with Crippen molar-refractivity contribution in [3.63, 3.8) is 0 Å². The summed E-state index contributed by atoms with van der Waals surface area (Å²) in [6.07, 6.45) is -0.190. The van der Waals surface area contributed by atoms with Gasteiger partial charge in [0, 0.05) is 0 Å². The van der Waals surface area contributed by atoms with E-state index in [1.54, 1.807) is 20.8 Å². The SMILES string of the molecule is CCOC1=NS(=O)(=O)C(c2ccc(-c3ccccc3)cc2)C(C)(C)O1. The van der Waals surface area contributed by atoms with Crippen molar-refractivity contribution in [3.8, 4) is 11.1 Å². The molecule has 25 heavy (non-hydrogen) atoms. The normalized spacial score (nSPS) is 21.1. The van der Waals surface area contributed by atoms with Gasteiger partial charge in [-0.3, -0.25) is 0 Å². The van der Waals surface area contributed by atoms with Gasteiger partial charge >= 0.3 is 6.08 Å². The standard InChI is InChI=1S/C19H21NO4S/c1-4-23-18-20-25(21,22)17(19(2,3)24-18)16-12-10-15(11-13-16)14-8-6-5-7-9-14/h5-13,17H,4H2,1-3H3. The molecule has 3 rings (SSSR count). The van der Waals surface area contributed by atoms with Crippen molar-refractivity contribution in [2.45, 2.75) is 31.6 Å². The van der Waals surface area contributed by atoms with Gasteiger partial charge in [0.15, 0.2) is 0 Å². The number of rotatable bonds is 3. The highest BCUT2D eigenvalue weighted by Crippen LogP contribution is 2.40. The van der Waals surface area contributed by atoms with Crippen molar-refractivity contribution in [1.82, 2.24) is 0 Å². The zero-order valence-corrected chi connectivity index (χ0v) is 15.3. The Labute approximate surface area is 148 Å². The van der Waals surface area contributed by atoms with E-state index in [0.29, 0.717) is 12.2 Å². The maximum Gasteiger partial charge on any atom is 0.400 e. The van der Waals surface area contributed by atoms with E-state index in [-0.39, 0.29) is 6.08 Å². The maximum atomic E-state index is 12.7. The van der Waals surface area contributed by atoms with Gasteiger partial charge in [-0.1, -0.05) is 59.0 Å². The second-order valence-electron chi connectivity index (χ2n) is 6.38. The molecular formula is C19H21NO4S. The summed E-state index contributed by atoms with van der Waals surface area (Å²) < 4.78 is 39.9. The van der Waals surface area contributed by atoms with Crippen LogP contribution in [0.3, 0.4) is 0 Å². The molecule has 1 unspecified atom stereocenters. The van der Waals surface area contributed by atoms with Gasteiger partial charge in [0.2, 0.25) is 0 Å². The van der Waals surface area contributed by atoms with Crippen LogP contribution in [0.5, 0.6) is 0 Å². The van der Waals surface area contributed by atoms with Crippen LogP contribution < -0.4 is 0 Å².